The molecule has 0 bridgehead atoms. The lowest BCUT2D eigenvalue weighted by molar-refractivity contribution is 0.712. The molecule has 0 aromatic heterocycles. The maximum Gasteiger partial charge on any atom is 0.0249 e. The molecule has 0 saturated carbocycles. The van der Waals surface area contributed by atoms with Crippen LogP contribution in [0, 0.1) is 5.92 Å². The molecule has 0 unspecified atom stereocenters. The van der Waals surface area contributed by atoms with Crippen molar-refractivity contribution in [1.29, 1.82) is 0 Å². The van der Waals surface area contributed by atoms with Crippen LogP contribution in [0.5, 0.6) is 0 Å². The Morgan fingerprint density at radius 1 is 1.67 bits per heavy atom. The average Bonchev–Trinajstić information content (AvgIpc) is 2.05. The minimum atomic E-state index is 0.711. The van der Waals surface area contributed by atoms with Gasteiger partial charge in [-0.2, -0.15) is 0 Å². The van der Waals surface area contributed by atoms with Gasteiger partial charge in [0.15, 0.2) is 0 Å². The van der Waals surface area contributed by atoms with Crippen molar-refractivity contribution < 1.29 is 0 Å². The van der Waals surface area contributed by atoms with Crippen molar-refractivity contribution >= 4 is 22.6 Å². The van der Waals surface area contributed by atoms with Crippen LogP contribution in [0.3, 0.4) is 0 Å². The van der Waals surface area contributed by atoms with E-state index in [0.29, 0.717) is 5.92 Å². The molecular weight excluding hydrogens is 259 g/mol. The van der Waals surface area contributed by atoms with E-state index in [2.05, 4.69) is 60.7 Å². The van der Waals surface area contributed by atoms with E-state index in [1.165, 1.54) is 17.6 Å². The highest BCUT2D eigenvalue weighted by Gasteiger charge is 2.09. The first kappa shape index (κ1) is 10.0. The van der Waals surface area contributed by atoms with Crippen LogP contribution in [-0.2, 0) is 0 Å². The molecule has 0 aromatic carbocycles. The lowest BCUT2D eigenvalue weighted by atomic mass is 9.91. The number of halogens is 1. The number of hydrogen-bond donors (Lipinski definition) is 0. The number of alkyl halides is 1. The maximum absolute atomic E-state index is 2.43. The minimum absolute atomic E-state index is 0.711. The quantitative estimate of drug-likeness (QED) is 0.529. The zero-order valence-corrected chi connectivity index (χ0v) is 9.84. The molecule has 0 spiro atoms. The molecule has 0 saturated heterocycles. The second kappa shape index (κ2) is 4.85. The minimum Gasteiger partial charge on any atom is -0.0874 e. The van der Waals surface area contributed by atoms with E-state index in [-0.39, 0.29) is 0 Å². The predicted molar refractivity (Wildman–Crippen MR) is 63.6 cm³/mol. The maximum atomic E-state index is 2.43. The van der Waals surface area contributed by atoms with Gasteiger partial charge in [0.2, 0.25) is 0 Å². The van der Waals surface area contributed by atoms with Crippen LogP contribution >= 0.6 is 22.6 Å². The van der Waals surface area contributed by atoms with E-state index in [1.807, 2.05) is 0 Å². The van der Waals surface area contributed by atoms with E-state index >= 15 is 0 Å². The summed E-state index contributed by atoms with van der Waals surface area (Å²) in [5, 5.41) is 0. The van der Waals surface area contributed by atoms with Gasteiger partial charge in [-0.05, 0) is 30.4 Å². The van der Waals surface area contributed by atoms with Crippen LogP contribution in [-0.4, -0.2) is 4.43 Å². The molecule has 0 aliphatic heterocycles. The van der Waals surface area contributed by atoms with Crippen molar-refractivity contribution in [2.45, 2.75) is 20.3 Å². The summed E-state index contributed by atoms with van der Waals surface area (Å²) in [6, 6.07) is 0. The second-order valence-corrected chi connectivity index (χ2v) is 3.99. The standard InChI is InChI=1S/C11H15I/c1-3-4-10-7-9(2)5-6-11(10)8-12/h3-6,9H,7-8H2,1-2H3/b4-3-/t9-/m0/s1. The third-order valence-corrected chi connectivity index (χ3v) is 2.91. The number of allylic oxidation sites excluding steroid dienone is 6. The molecule has 0 aromatic rings. The predicted octanol–water partition coefficient (Wildman–Crippen LogP) is 3.89. The van der Waals surface area contributed by atoms with Gasteiger partial charge < -0.3 is 0 Å². The molecule has 0 N–H and O–H groups in total. The SMILES string of the molecule is C/C=C\C1=C(CI)C=C[C@H](C)C1. The van der Waals surface area contributed by atoms with Gasteiger partial charge >= 0.3 is 0 Å². The zero-order chi connectivity index (χ0) is 8.97. The fraction of sp³-hybridized carbons (Fsp3) is 0.455. The smallest absolute Gasteiger partial charge is 0.0249 e. The van der Waals surface area contributed by atoms with Gasteiger partial charge in [-0.25, -0.2) is 0 Å². The van der Waals surface area contributed by atoms with E-state index in [0.717, 1.165) is 4.43 Å². The summed E-state index contributed by atoms with van der Waals surface area (Å²) in [5.41, 5.74) is 3.01. The van der Waals surface area contributed by atoms with Crippen molar-refractivity contribution in [1.82, 2.24) is 0 Å². The molecule has 0 amide bonds. The molecule has 1 aliphatic rings. The monoisotopic (exact) mass is 274 g/mol. The van der Waals surface area contributed by atoms with Crippen LogP contribution in [0.2, 0.25) is 0 Å². The summed E-state index contributed by atoms with van der Waals surface area (Å²) < 4.78 is 1.13. The van der Waals surface area contributed by atoms with Gasteiger partial charge in [-0.1, -0.05) is 53.8 Å². The van der Waals surface area contributed by atoms with Gasteiger partial charge in [-0.15, -0.1) is 0 Å². The normalized spacial score (nSPS) is 24.1. The molecule has 0 radical (unpaired) electrons. The Balaban J connectivity index is 2.85. The Hall–Kier alpha value is -0.0500. The Labute approximate surface area is 88.6 Å². The molecule has 1 heteroatoms. The zero-order valence-electron chi connectivity index (χ0n) is 7.68. The fourth-order valence-corrected chi connectivity index (χ4v) is 2.18. The van der Waals surface area contributed by atoms with Crippen LogP contribution < -0.4 is 0 Å². The second-order valence-electron chi connectivity index (χ2n) is 3.22. The Morgan fingerprint density at radius 3 is 3.00 bits per heavy atom. The highest BCUT2D eigenvalue weighted by atomic mass is 127. The van der Waals surface area contributed by atoms with E-state index in [9.17, 15) is 0 Å². The first-order valence-corrected chi connectivity index (χ1v) is 5.89. The van der Waals surface area contributed by atoms with Gasteiger partial charge in [0.05, 0.1) is 0 Å². The topological polar surface area (TPSA) is 0 Å². The Morgan fingerprint density at radius 2 is 2.42 bits per heavy atom. The fourth-order valence-electron chi connectivity index (χ4n) is 1.44. The Kier molecular flexibility index (Phi) is 4.06. The van der Waals surface area contributed by atoms with Crippen LogP contribution in [0.1, 0.15) is 20.3 Å². The van der Waals surface area contributed by atoms with E-state index in [1.54, 1.807) is 0 Å². The van der Waals surface area contributed by atoms with Crippen molar-refractivity contribution in [3.63, 3.8) is 0 Å². The summed E-state index contributed by atoms with van der Waals surface area (Å²) in [6.45, 7) is 4.35. The highest BCUT2D eigenvalue weighted by molar-refractivity contribution is 14.1. The van der Waals surface area contributed by atoms with Crippen molar-refractivity contribution in [3.8, 4) is 0 Å². The van der Waals surface area contributed by atoms with Crippen molar-refractivity contribution in [2.75, 3.05) is 4.43 Å². The lowest BCUT2D eigenvalue weighted by Crippen LogP contribution is -2.01. The van der Waals surface area contributed by atoms with Gasteiger partial charge in [0.1, 0.15) is 0 Å². The largest absolute Gasteiger partial charge is 0.0874 e. The summed E-state index contributed by atoms with van der Waals surface area (Å²) in [6.07, 6.45) is 10.2. The highest BCUT2D eigenvalue weighted by Crippen LogP contribution is 2.25. The number of hydrogen-bond acceptors (Lipinski definition) is 0. The first-order chi connectivity index (χ1) is 5.77. The lowest BCUT2D eigenvalue weighted by Gasteiger charge is -2.16. The van der Waals surface area contributed by atoms with Crippen LogP contribution in [0.25, 0.3) is 0 Å². The number of rotatable bonds is 2. The molecule has 1 aliphatic carbocycles. The third kappa shape index (κ3) is 2.47. The summed E-state index contributed by atoms with van der Waals surface area (Å²) in [4.78, 5) is 0. The van der Waals surface area contributed by atoms with Gasteiger partial charge in [0.25, 0.3) is 0 Å². The molecule has 12 heavy (non-hydrogen) atoms. The van der Waals surface area contributed by atoms with Crippen molar-refractivity contribution in [2.24, 2.45) is 5.92 Å². The van der Waals surface area contributed by atoms with Crippen molar-refractivity contribution in [3.05, 3.63) is 35.5 Å². The molecule has 66 valence electrons. The van der Waals surface area contributed by atoms with E-state index < -0.39 is 0 Å². The summed E-state index contributed by atoms with van der Waals surface area (Å²) >= 11 is 2.43. The average molecular weight is 274 g/mol. The third-order valence-electron chi connectivity index (χ3n) is 2.09. The molecule has 1 rings (SSSR count). The molecular formula is C11H15I. The Bertz CT molecular complexity index is 233. The van der Waals surface area contributed by atoms with Gasteiger partial charge in [-0.3, -0.25) is 0 Å². The molecule has 0 fully saturated rings. The van der Waals surface area contributed by atoms with Crippen LogP contribution in [0.15, 0.2) is 35.5 Å². The first-order valence-electron chi connectivity index (χ1n) is 4.36. The van der Waals surface area contributed by atoms with E-state index in [4.69, 9.17) is 0 Å². The molecule has 0 nitrogen and oxygen atoms in total. The molecule has 0 heterocycles. The molecule has 1 atom stereocenters. The van der Waals surface area contributed by atoms with Gasteiger partial charge in [0, 0.05) is 4.43 Å². The summed E-state index contributed by atoms with van der Waals surface area (Å²) in [5.74, 6) is 0.711. The summed E-state index contributed by atoms with van der Waals surface area (Å²) in [7, 11) is 0. The van der Waals surface area contributed by atoms with Crippen LogP contribution in [0.4, 0.5) is 0 Å².